The fourth-order valence-electron chi connectivity index (χ4n) is 1.96. The van der Waals surface area contributed by atoms with Gasteiger partial charge >= 0.3 is 0 Å². The van der Waals surface area contributed by atoms with E-state index >= 15 is 0 Å². The number of hydrogen-bond donors (Lipinski definition) is 2. The Bertz CT molecular complexity index is 674. The van der Waals surface area contributed by atoms with Crippen molar-refractivity contribution in [3.63, 3.8) is 0 Å². The summed E-state index contributed by atoms with van der Waals surface area (Å²) in [6.45, 7) is 0. The van der Waals surface area contributed by atoms with Crippen LogP contribution in [0.2, 0.25) is 0 Å². The van der Waals surface area contributed by atoms with Crippen LogP contribution in [0.15, 0.2) is 36.4 Å². The van der Waals surface area contributed by atoms with Crippen molar-refractivity contribution in [2.75, 3.05) is 5.32 Å². The molecule has 0 spiro atoms. The molecular formula is C15H16N4O2. The second-order valence-electron chi connectivity index (χ2n) is 5.11. The number of carbonyl (C=O) groups excluding carboxylic acids is 2. The van der Waals surface area contributed by atoms with Gasteiger partial charge in [0.2, 0.25) is 0 Å². The molecule has 21 heavy (non-hydrogen) atoms. The van der Waals surface area contributed by atoms with E-state index in [9.17, 15) is 9.59 Å². The number of rotatable bonds is 4. The van der Waals surface area contributed by atoms with Gasteiger partial charge in [0.05, 0.1) is 0 Å². The number of hydrogen-bond acceptors (Lipinski definition) is 3. The van der Waals surface area contributed by atoms with Crippen LogP contribution < -0.4 is 10.6 Å². The summed E-state index contributed by atoms with van der Waals surface area (Å²) in [4.78, 5) is 24.0. The molecule has 2 aromatic rings. The van der Waals surface area contributed by atoms with Crippen molar-refractivity contribution in [3.8, 4) is 0 Å². The molecule has 1 aromatic carbocycles. The van der Waals surface area contributed by atoms with Crippen LogP contribution in [0.3, 0.4) is 0 Å². The first-order valence-electron chi connectivity index (χ1n) is 6.85. The predicted octanol–water partition coefficient (Wildman–Crippen LogP) is 1.56. The van der Waals surface area contributed by atoms with E-state index in [4.69, 9.17) is 0 Å². The van der Waals surface area contributed by atoms with Crippen molar-refractivity contribution in [1.29, 1.82) is 0 Å². The van der Waals surface area contributed by atoms with Gasteiger partial charge in [0.25, 0.3) is 11.8 Å². The summed E-state index contributed by atoms with van der Waals surface area (Å²) in [5.74, 6) is 0.0610. The van der Waals surface area contributed by atoms with E-state index < -0.39 is 0 Å². The fraction of sp³-hybridized carbons (Fsp3) is 0.267. The molecule has 0 atom stereocenters. The van der Waals surface area contributed by atoms with E-state index in [1.165, 1.54) is 4.68 Å². The van der Waals surface area contributed by atoms with Gasteiger partial charge in [0, 0.05) is 24.7 Å². The second-order valence-corrected chi connectivity index (χ2v) is 5.11. The number of nitrogens with one attached hydrogen (secondary N) is 2. The molecule has 108 valence electrons. The Kier molecular flexibility index (Phi) is 3.43. The van der Waals surface area contributed by atoms with Gasteiger partial charge in [0.1, 0.15) is 5.82 Å². The third kappa shape index (κ3) is 3.10. The van der Waals surface area contributed by atoms with E-state index in [-0.39, 0.29) is 17.9 Å². The highest BCUT2D eigenvalue weighted by Gasteiger charge is 2.25. The van der Waals surface area contributed by atoms with Crippen LogP contribution >= 0.6 is 0 Å². The summed E-state index contributed by atoms with van der Waals surface area (Å²) < 4.78 is 1.49. The van der Waals surface area contributed by atoms with E-state index in [1.54, 1.807) is 37.4 Å². The number of benzene rings is 1. The van der Waals surface area contributed by atoms with Crippen molar-refractivity contribution in [2.24, 2.45) is 7.05 Å². The van der Waals surface area contributed by atoms with E-state index in [0.29, 0.717) is 17.1 Å². The maximum absolute atomic E-state index is 12.1. The Hall–Kier alpha value is -2.63. The maximum Gasteiger partial charge on any atom is 0.272 e. The molecule has 6 heteroatoms. The summed E-state index contributed by atoms with van der Waals surface area (Å²) in [5.41, 5.74) is 0.871. The monoisotopic (exact) mass is 284 g/mol. The summed E-state index contributed by atoms with van der Waals surface area (Å²) in [6, 6.07) is 10.8. The second kappa shape index (κ2) is 5.40. The molecule has 0 aliphatic heterocycles. The molecule has 1 aliphatic rings. The zero-order valence-corrected chi connectivity index (χ0v) is 11.7. The molecule has 2 N–H and O–H groups in total. The Balaban J connectivity index is 1.72. The number of aromatic nitrogens is 2. The third-order valence-electron chi connectivity index (χ3n) is 3.30. The number of carbonyl (C=O) groups is 2. The van der Waals surface area contributed by atoms with E-state index in [2.05, 4.69) is 15.7 Å². The molecule has 0 radical (unpaired) electrons. The quantitative estimate of drug-likeness (QED) is 0.894. The first kappa shape index (κ1) is 13.4. The SMILES string of the molecule is Cn1nc(C(=O)NC2CC2)cc1NC(=O)c1ccccc1. The molecular weight excluding hydrogens is 268 g/mol. The molecule has 0 saturated heterocycles. The highest BCUT2D eigenvalue weighted by Crippen LogP contribution is 2.19. The third-order valence-corrected chi connectivity index (χ3v) is 3.30. The van der Waals surface area contributed by atoms with Gasteiger partial charge in [-0.05, 0) is 25.0 Å². The summed E-state index contributed by atoms with van der Waals surface area (Å²) >= 11 is 0. The Morgan fingerprint density at radius 3 is 2.57 bits per heavy atom. The number of anilines is 1. The molecule has 0 unspecified atom stereocenters. The van der Waals surface area contributed by atoms with Crippen molar-refractivity contribution in [3.05, 3.63) is 47.7 Å². The van der Waals surface area contributed by atoms with Gasteiger partial charge < -0.3 is 10.6 Å². The van der Waals surface area contributed by atoms with Gasteiger partial charge in [-0.2, -0.15) is 5.10 Å². The van der Waals surface area contributed by atoms with Gasteiger partial charge in [-0.15, -0.1) is 0 Å². The molecule has 1 aliphatic carbocycles. The van der Waals surface area contributed by atoms with Gasteiger partial charge in [0.15, 0.2) is 5.69 Å². The standard InChI is InChI=1S/C15H16N4O2/c1-19-13(17-14(20)10-5-3-2-4-6-10)9-12(18-19)15(21)16-11-7-8-11/h2-6,9,11H,7-8H2,1H3,(H,16,21)(H,17,20). The molecule has 2 amide bonds. The van der Waals surface area contributed by atoms with Crippen LogP contribution in [0.25, 0.3) is 0 Å². The topological polar surface area (TPSA) is 76.0 Å². The lowest BCUT2D eigenvalue weighted by Gasteiger charge is -2.04. The predicted molar refractivity (Wildman–Crippen MR) is 78.1 cm³/mol. The first-order chi connectivity index (χ1) is 10.1. The Morgan fingerprint density at radius 1 is 1.19 bits per heavy atom. The summed E-state index contributed by atoms with van der Waals surface area (Å²) in [6.07, 6.45) is 2.05. The average Bonchev–Trinajstić information content (AvgIpc) is 3.23. The number of aryl methyl sites for hydroxylation is 1. The number of amides is 2. The molecule has 1 fully saturated rings. The Labute approximate surface area is 122 Å². The van der Waals surface area contributed by atoms with Crippen LogP contribution in [-0.2, 0) is 7.05 Å². The van der Waals surface area contributed by atoms with Crippen molar-refractivity contribution < 1.29 is 9.59 Å². The largest absolute Gasteiger partial charge is 0.348 e. The molecule has 1 saturated carbocycles. The first-order valence-corrected chi connectivity index (χ1v) is 6.85. The highest BCUT2D eigenvalue weighted by molar-refractivity contribution is 6.04. The zero-order valence-electron chi connectivity index (χ0n) is 11.7. The lowest BCUT2D eigenvalue weighted by molar-refractivity contribution is 0.0944. The highest BCUT2D eigenvalue weighted by atomic mass is 16.2. The summed E-state index contributed by atoms with van der Waals surface area (Å²) in [5, 5.41) is 9.75. The van der Waals surface area contributed by atoms with Crippen LogP contribution in [0.5, 0.6) is 0 Å². The van der Waals surface area contributed by atoms with Gasteiger partial charge in [-0.1, -0.05) is 18.2 Å². The molecule has 1 aromatic heterocycles. The van der Waals surface area contributed by atoms with Gasteiger partial charge in [-0.25, -0.2) is 0 Å². The maximum atomic E-state index is 12.1. The minimum Gasteiger partial charge on any atom is -0.348 e. The van der Waals surface area contributed by atoms with E-state index in [0.717, 1.165) is 12.8 Å². The smallest absolute Gasteiger partial charge is 0.272 e. The van der Waals surface area contributed by atoms with Gasteiger partial charge in [-0.3, -0.25) is 14.3 Å². The lowest BCUT2D eigenvalue weighted by Crippen LogP contribution is -2.25. The lowest BCUT2D eigenvalue weighted by atomic mass is 10.2. The van der Waals surface area contributed by atoms with Crippen molar-refractivity contribution >= 4 is 17.6 Å². The molecule has 3 rings (SSSR count). The van der Waals surface area contributed by atoms with Crippen LogP contribution in [0, 0.1) is 0 Å². The molecule has 1 heterocycles. The van der Waals surface area contributed by atoms with E-state index in [1.807, 2.05) is 6.07 Å². The average molecular weight is 284 g/mol. The van der Waals surface area contributed by atoms with Crippen LogP contribution in [-0.4, -0.2) is 27.6 Å². The fourth-order valence-corrected chi connectivity index (χ4v) is 1.96. The Morgan fingerprint density at radius 2 is 1.90 bits per heavy atom. The van der Waals surface area contributed by atoms with Crippen LogP contribution in [0.4, 0.5) is 5.82 Å². The minimum atomic E-state index is -0.229. The normalized spacial score (nSPS) is 13.8. The number of nitrogens with zero attached hydrogens (tertiary/aromatic N) is 2. The van der Waals surface area contributed by atoms with Crippen molar-refractivity contribution in [2.45, 2.75) is 18.9 Å². The summed E-state index contributed by atoms with van der Waals surface area (Å²) in [7, 11) is 1.69. The molecule has 0 bridgehead atoms. The minimum absolute atomic E-state index is 0.201. The van der Waals surface area contributed by atoms with Crippen molar-refractivity contribution in [1.82, 2.24) is 15.1 Å². The zero-order chi connectivity index (χ0) is 14.8. The van der Waals surface area contributed by atoms with Crippen LogP contribution in [0.1, 0.15) is 33.7 Å². The molecule has 6 nitrogen and oxygen atoms in total.